The van der Waals surface area contributed by atoms with E-state index in [4.69, 9.17) is 4.74 Å². The Kier molecular flexibility index (Phi) is 3.32. The maximum atomic E-state index is 11.9. The number of benzene rings is 1. The highest BCUT2D eigenvalue weighted by atomic mass is 32.1. The topological polar surface area (TPSA) is 69.4 Å². The molecule has 0 amide bonds. The Morgan fingerprint density at radius 1 is 1.17 bits per heavy atom. The van der Waals surface area contributed by atoms with E-state index < -0.39 is 5.97 Å². The van der Waals surface area contributed by atoms with E-state index in [1.165, 1.54) is 17.7 Å². The van der Waals surface area contributed by atoms with Crippen molar-refractivity contribution in [2.75, 3.05) is 0 Å². The molecule has 4 rings (SSSR count). The van der Waals surface area contributed by atoms with Gasteiger partial charge in [-0.3, -0.25) is 0 Å². The molecule has 1 aromatic carbocycles. The molecule has 0 aliphatic carbocycles. The first-order chi connectivity index (χ1) is 11.3. The van der Waals surface area contributed by atoms with Gasteiger partial charge in [0.2, 0.25) is 5.90 Å². The van der Waals surface area contributed by atoms with Gasteiger partial charge in [-0.25, -0.2) is 19.5 Å². The second-order valence-electron chi connectivity index (χ2n) is 4.74. The van der Waals surface area contributed by atoms with Crippen molar-refractivity contribution in [3.8, 4) is 5.69 Å². The summed E-state index contributed by atoms with van der Waals surface area (Å²) in [5.74, 6) is -0.0794. The average Bonchev–Trinajstić information content (AvgIpc) is 3.30. The molecule has 2 aromatic heterocycles. The number of carbonyl (C=O) groups excluding carboxylic acids is 1. The van der Waals surface area contributed by atoms with Crippen LogP contribution >= 0.6 is 11.3 Å². The van der Waals surface area contributed by atoms with E-state index in [2.05, 4.69) is 15.1 Å². The van der Waals surface area contributed by atoms with Crippen molar-refractivity contribution in [2.24, 2.45) is 4.99 Å². The number of esters is 1. The van der Waals surface area contributed by atoms with Gasteiger partial charge >= 0.3 is 5.97 Å². The first kappa shape index (κ1) is 13.6. The summed E-state index contributed by atoms with van der Waals surface area (Å²) in [5, 5.41) is 5.98. The van der Waals surface area contributed by atoms with Crippen molar-refractivity contribution >= 4 is 29.3 Å². The summed E-state index contributed by atoms with van der Waals surface area (Å²) in [6.07, 6.45) is 4.80. The smallest absolute Gasteiger partial charge is 0.363 e. The van der Waals surface area contributed by atoms with Crippen LogP contribution in [0.1, 0.15) is 10.4 Å². The van der Waals surface area contributed by atoms with Gasteiger partial charge in [0.1, 0.15) is 12.7 Å². The van der Waals surface area contributed by atoms with Gasteiger partial charge < -0.3 is 4.74 Å². The quantitative estimate of drug-likeness (QED) is 0.549. The molecule has 0 N–H and O–H groups in total. The molecular weight excluding hydrogens is 312 g/mol. The summed E-state index contributed by atoms with van der Waals surface area (Å²) in [7, 11) is 0. The molecule has 0 fully saturated rings. The van der Waals surface area contributed by atoms with E-state index in [0.29, 0.717) is 11.6 Å². The third kappa shape index (κ3) is 2.69. The lowest BCUT2D eigenvalue weighted by Crippen LogP contribution is -2.03. The van der Waals surface area contributed by atoms with E-state index in [9.17, 15) is 4.79 Å². The number of ether oxygens (including phenoxy) is 1. The molecule has 0 bridgehead atoms. The molecule has 3 heterocycles. The SMILES string of the molecule is O=C1OC(c2cccs2)=N/C1=C\c1ccc(-n2cncn2)cc1. The van der Waals surface area contributed by atoms with Crippen LogP contribution in [0.5, 0.6) is 0 Å². The molecule has 0 spiro atoms. The molecule has 0 atom stereocenters. The van der Waals surface area contributed by atoms with Gasteiger partial charge in [0, 0.05) is 0 Å². The summed E-state index contributed by atoms with van der Waals surface area (Å²) >= 11 is 1.48. The van der Waals surface area contributed by atoms with Crippen molar-refractivity contribution in [3.63, 3.8) is 0 Å². The van der Waals surface area contributed by atoms with Crippen molar-refractivity contribution in [1.82, 2.24) is 14.8 Å². The van der Waals surface area contributed by atoms with E-state index in [1.807, 2.05) is 41.8 Å². The molecule has 1 aliphatic rings. The number of carbonyl (C=O) groups is 1. The van der Waals surface area contributed by atoms with Gasteiger partial charge in [0.05, 0.1) is 10.6 Å². The monoisotopic (exact) mass is 322 g/mol. The van der Waals surface area contributed by atoms with Crippen LogP contribution in [0.2, 0.25) is 0 Å². The van der Waals surface area contributed by atoms with Crippen LogP contribution in [-0.4, -0.2) is 26.6 Å². The minimum Gasteiger partial charge on any atom is -0.401 e. The maximum absolute atomic E-state index is 11.9. The normalized spacial score (nSPS) is 15.7. The molecule has 23 heavy (non-hydrogen) atoms. The number of aromatic nitrogens is 3. The minimum atomic E-state index is -0.436. The number of nitrogens with zero attached hydrogens (tertiary/aromatic N) is 4. The Bertz CT molecular complexity index is 894. The van der Waals surface area contributed by atoms with Crippen molar-refractivity contribution in [3.05, 3.63) is 70.6 Å². The molecule has 0 radical (unpaired) electrons. The van der Waals surface area contributed by atoms with Gasteiger partial charge in [-0.15, -0.1) is 11.3 Å². The second kappa shape index (κ2) is 5.62. The lowest BCUT2D eigenvalue weighted by Gasteiger charge is -2.00. The average molecular weight is 322 g/mol. The van der Waals surface area contributed by atoms with Gasteiger partial charge in [0.15, 0.2) is 5.70 Å². The lowest BCUT2D eigenvalue weighted by atomic mass is 10.2. The molecule has 6 nitrogen and oxygen atoms in total. The van der Waals surface area contributed by atoms with E-state index in [-0.39, 0.29) is 0 Å². The van der Waals surface area contributed by atoms with Crippen LogP contribution in [0, 0.1) is 0 Å². The fourth-order valence-corrected chi connectivity index (χ4v) is 2.79. The minimum absolute atomic E-state index is 0.293. The van der Waals surface area contributed by atoms with E-state index >= 15 is 0 Å². The summed E-state index contributed by atoms with van der Waals surface area (Å²) in [6, 6.07) is 11.3. The van der Waals surface area contributed by atoms with Crippen molar-refractivity contribution in [2.45, 2.75) is 0 Å². The second-order valence-corrected chi connectivity index (χ2v) is 5.69. The standard InChI is InChI=1S/C16H10N4O2S/c21-16-13(19-15(22-16)14-2-1-7-23-14)8-11-3-5-12(6-4-11)20-10-17-9-18-20/h1-10H/b13-8-. The lowest BCUT2D eigenvalue weighted by molar-refractivity contribution is -0.129. The third-order valence-electron chi connectivity index (χ3n) is 3.23. The Morgan fingerprint density at radius 3 is 2.74 bits per heavy atom. The Labute approximate surface area is 135 Å². The third-order valence-corrected chi connectivity index (χ3v) is 4.09. The van der Waals surface area contributed by atoms with Crippen LogP contribution in [-0.2, 0) is 9.53 Å². The molecule has 0 unspecified atom stereocenters. The molecule has 3 aromatic rings. The maximum Gasteiger partial charge on any atom is 0.363 e. The predicted octanol–water partition coefficient (Wildman–Crippen LogP) is 2.67. The molecule has 1 aliphatic heterocycles. The molecular formula is C16H10N4O2S. The summed E-state index contributed by atoms with van der Waals surface area (Å²) < 4.78 is 6.86. The number of cyclic esters (lactones) is 1. The molecule has 0 saturated heterocycles. The first-order valence-corrected chi connectivity index (χ1v) is 7.69. The van der Waals surface area contributed by atoms with Crippen molar-refractivity contribution < 1.29 is 9.53 Å². The van der Waals surface area contributed by atoms with Gasteiger partial charge in [0.25, 0.3) is 0 Å². The fraction of sp³-hybridized carbons (Fsp3) is 0. The van der Waals surface area contributed by atoms with Gasteiger partial charge in [-0.2, -0.15) is 5.10 Å². The summed E-state index contributed by atoms with van der Waals surface area (Å²) in [6.45, 7) is 0. The zero-order valence-electron chi connectivity index (χ0n) is 11.8. The largest absolute Gasteiger partial charge is 0.401 e. The summed E-state index contributed by atoms with van der Waals surface area (Å²) in [4.78, 5) is 20.9. The van der Waals surface area contributed by atoms with Crippen LogP contribution in [0.15, 0.2) is 65.1 Å². The highest BCUT2D eigenvalue weighted by Crippen LogP contribution is 2.21. The Morgan fingerprint density at radius 2 is 2.04 bits per heavy atom. The zero-order chi connectivity index (χ0) is 15.6. The predicted molar refractivity (Wildman–Crippen MR) is 86.3 cm³/mol. The zero-order valence-corrected chi connectivity index (χ0v) is 12.6. The summed E-state index contributed by atoms with van der Waals surface area (Å²) in [5.41, 5.74) is 2.04. The highest BCUT2D eigenvalue weighted by Gasteiger charge is 2.24. The van der Waals surface area contributed by atoms with Crippen LogP contribution in [0.3, 0.4) is 0 Å². The Balaban J connectivity index is 1.61. The van der Waals surface area contributed by atoms with E-state index in [1.54, 1.807) is 17.1 Å². The highest BCUT2D eigenvalue weighted by molar-refractivity contribution is 7.12. The number of rotatable bonds is 3. The number of hydrogen-bond acceptors (Lipinski definition) is 6. The number of aliphatic imine (C=N–C) groups is 1. The van der Waals surface area contributed by atoms with Gasteiger partial charge in [-0.05, 0) is 35.2 Å². The molecule has 0 saturated carbocycles. The first-order valence-electron chi connectivity index (χ1n) is 6.81. The van der Waals surface area contributed by atoms with Crippen LogP contribution in [0.4, 0.5) is 0 Å². The fourth-order valence-electron chi connectivity index (χ4n) is 2.14. The van der Waals surface area contributed by atoms with Gasteiger partial charge in [-0.1, -0.05) is 18.2 Å². The van der Waals surface area contributed by atoms with E-state index in [0.717, 1.165) is 16.1 Å². The molecule has 7 heteroatoms. The van der Waals surface area contributed by atoms with Crippen LogP contribution in [0.25, 0.3) is 11.8 Å². The number of hydrogen-bond donors (Lipinski definition) is 0. The number of thiophene rings is 1. The molecule has 112 valence electrons. The van der Waals surface area contributed by atoms with Crippen LogP contribution < -0.4 is 0 Å². The Hall–Kier alpha value is -3.06. The van der Waals surface area contributed by atoms with Crippen molar-refractivity contribution in [1.29, 1.82) is 0 Å².